The molecule has 5 heteroatoms. The van der Waals surface area contributed by atoms with Crippen LogP contribution in [0.25, 0.3) is 0 Å². The highest BCUT2D eigenvalue weighted by Crippen LogP contribution is 2.32. The number of ether oxygens (including phenoxy) is 1. The number of nitrogens with zero attached hydrogens (tertiary/aromatic N) is 1. The molecule has 1 aliphatic carbocycles. The monoisotopic (exact) mass is 306 g/mol. The molecule has 0 radical (unpaired) electrons. The van der Waals surface area contributed by atoms with Crippen LogP contribution in [0.3, 0.4) is 0 Å². The zero-order valence-corrected chi connectivity index (χ0v) is 13.0. The second kappa shape index (κ2) is 6.36. The molecule has 1 aromatic rings. The molecule has 1 aliphatic rings. The van der Waals surface area contributed by atoms with E-state index in [1.807, 2.05) is 0 Å². The highest BCUT2D eigenvalue weighted by molar-refractivity contribution is 6.31. The van der Waals surface area contributed by atoms with Gasteiger partial charge in [-0.1, -0.05) is 18.5 Å². The molecule has 21 heavy (non-hydrogen) atoms. The van der Waals surface area contributed by atoms with Gasteiger partial charge < -0.3 is 10.1 Å². The molecule has 0 aliphatic heterocycles. The maximum atomic E-state index is 12.5. The first kappa shape index (κ1) is 15.7. The van der Waals surface area contributed by atoms with E-state index in [-0.39, 0.29) is 5.91 Å². The Morgan fingerprint density at radius 2 is 2.14 bits per heavy atom. The fraction of sp³-hybridized carbons (Fsp3) is 0.500. The number of rotatable bonds is 3. The lowest BCUT2D eigenvalue weighted by Gasteiger charge is -2.34. The van der Waals surface area contributed by atoms with Gasteiger partial charge >= 0.3 is 0 Å². The number of methoxy groups -OCH3 is 1. The van der Waals surface area contributed by atoms with Gasteiger partial charge in [-0.05, 0) is 49.8 Å². The Labute approximate surface area is 130 Å². The van der Waals surface area contributed by atoms with E-state index in [1.54, 1.807) is 18.2 Å². The Balaban J connectivity index is 2.21. The molecule has 4 nitrogen and oxygen atoms in total. The first-order valence-electron chi connectivity index (χ1n) is 7.07. The topological polar surface area (TPSA) is 62.1 Å². The number of nitriles is 1. The van der Waals surface area contributed by atoms with Crippen LogP contribution in [0, 0.1) is 17.2 Å². The molecule has 0 bridgehead atoms. The Morgan fingerprint density at radius 3 is 2.71 bits per heavy atom. The Hall–Kier alpha value is -1.73. The van der Waals surface area contributed by atoms with E-state index < -0.39 is 5.54 Å². The van der Waals surface area contributed by atoms with Gasteiger partial charge in [0.05, 0.1) is 18.7 Å². The van der Waals surface area contributed by atoms with Crippen LogP contribution in [-0.4, -0.2) is 18.6 Å². The molecule has 1 amide bonds. The smallest absolute Gasteiger partial charge is 0.256 e. The van der Waals surface area contributed by atoms with Crippen molar-refractivity contribution in [3.05, 3.63) is 28.8 Å². The average molecular weight is 307 g/mol. The SMILES string of the molecule is COc1ccc(Cl)cc1C(=O)NC1(C#N)CCC(C)CC1. The number of halogens is 1. The third-order valence-electron chi connectivity index (χ3n) is 4.10. The maximum Gasteiger partial charge on any atom is 0.256 e. The maximum absolute atomic E-state index is 12.5. The predicted molar refractivity (Wildman–Crippen MR) is 81.4 cm³/mol. The number of hydrogen-bond donors (Lipinski definition) is 1. The van der Waals surface area contributed by atoms with Crippen molar-refractivity contribution in [1.82, 2.24) is 5.32 Å². The summed E-state index contributed by atoms with van der Waals surface area (Å²) in [6.45, 7) is 2.17. The highest BCUT2D eigenvalue weighted by atomic mass is 35.5. The number of carbonyl (C=O) groups excluding carboxylic acids is 1. The molecular weight excluding hydrogens is 288 g/mol. The number of benzene rings is 1. The van der Waals surface area contributed by atoms with Crippen LogP contribution in [0.1, 0.15) is 43.0 Å². The molecular formula is C16H19ClN2O2. The quantitative estimate of drug-likeness (QED) is 0.929. The Kier molecular flexibility index (Phi) is 4.74. The number of amides is 1. The van der Waals surface area contributed by atoms with Crippen molar-refractivity contribution < 1.29 is 9.53 Å². The summed E-state index contributed by atoms with van der Waals surface area (Å²) < 4.78 is 5.19. The third-order valence-corrected chi connectivity index (χ3v) is 4.34. The lowest BCUT2D eigenvalue weighted by Crippen LogP contribution is -2.49. The van der Waals surface area contributed by atoms with Crippen LogP contribution in [0.15, 0.2) is 18.2 Å². The minimum Gasteiger partial charge on any atom is -0.496 e. The normalized spacial score (nSPS) is 25.0. The van der Waals surface area contributed by atoms with E-state index in [9.17, 15) is 10.1 Å². The molecule has 2 rings (SSSR count). The summed E-state index contributed by atoms with van der Waals surface area (Å²) in [6.07, 6.45) is 3.25. The third kappa shape index (κ3) is 3.48. The predicted octanol–water partition coefficient (Wildman–Crippen LogP) is 3.55. The number of carbonyl (C=O) groups is 1. The van der Waals surface area contributed by atoms with Crippen molar-refractivity contribution in [3.8, 4) is 11.8 Å². The summed E-state index contributed by atoms with van der Waals surface area (Å²) in [5.74, 6) is 0.740. The lowest BCUT2D eigenvalue weighted by molar-refractivity contribution is 0.0891. The van der Waals surface area contributed by atoms with Crippen molar-refractivity contribution >= 4 is 17.5 Å². The molecule has 0 saturated heterocycles. The van der Waals surface area contributed by atoms with Crippen molar-refractivity contribution in [1.29, 1.82) is 5.26 Å². The molecule has 0 atom stereocenters. The van der Waals surface area contributed by atoms with Gasteiger partial charge in [-0.25, -0.2) is 0 Å². The molecule has 0 aromatic heterocycles. The molecule has 1 fully saturated rings. The van der Waals surface area contributed by atoms with Gasteiger partial charge in [0.25, 0.3) is 5.91 Å². The summed E-state index contributed by atoms with van der Waals surface area (Å²) in [5.41, 5.74) is -0.421. The van der Waals surface area contributed by atoms with E-state index in [2.05, 4.69) is 18.3 Å². The summed E-state index contributed by atoms with van der Waals surface area (Å²) in [5, 5.41) is 12.8. The lowest BCUT2D eigenvalue weighted by atomic mass is 9.78. The van der Waals surface area contributed by atoms with Crippen LogP contribution < -0.4 is 10.1 Å². The van der Waals surface area contributed by atoms with E-state index in [0.717, 1.165) is 12.8 Å². The fourth-order valence-electron chi connectivity index (χ4n) is 2.66. The minimum absolute atomic E-state index is 0.314. The van der Waals surface area contributed by atoms with E-state index >= 15 is 0 Å². The van der Waals surface area contributed by atoms with Crippen molar-refractivity contribution in [2.75, 3.05) is 7.11 Å². The largest absolute Gasteiger partial charge is 0.496 e. The van der Waals surface area contributed by atoms with Crippen molar-refractivity contribution in [2.45, 2.75) is 38.1 Å². The van der Waals surface area contributed by atoms with Crippen LogP contribution in [-0.2, 0) is 0 Å². The zero-order valence-electron chi connectivity index (χ0n) is 12.3. The number of hydrogen-bond acceptors (Lipinski definition) is 3. The van der Waals surface area contributed by atoms with Gasteiger partial charge in [-0.2, -0.15) is 5.26 Å². The van der Waals surface area contributed by atoms with Crippen LogP contribution >= 0.6 is 11.6 Å². The van der Waals surface area contributed by atoms with Crippen LogP contribution in [0.4, 0.5) is 0 Å². The van der Waals surface area contributed by atoms with Crippen LogP contribution in [0.5, 0.6) is 5.75 Å². The van der Waals surface area contributed by atoms with E-state index in [0.29, 0.717) is 35.1 Å². The van der Waals surface area contributed by atoms with Crippen LogP contribution in [0.2, 0.25) is 5.02 Å². The molecule has 0 heterocycles. The summed E-state index contributed by atoms with van der Waals surface area (Å²) in [4.78, 5) is 12.5. The highest BCUT2D eigenvalue weighted by Gasteiger charge is 2.36. The van der Waals surface area contributed by atoms with Crippen molar-refractivity contribution in [3.63, 3.8) is 0 Å². The first-order valence-corrected chi connectivity index (χ1v) is 7.45. The van der Waals surface area contributed by atoms with E-state index in [4.69, 9.17) is 16.3 Å². The molecule has 1 N–H and O–H groups in total. The van der Waals surface area contributed by atoms with Crippen molar-refractivity contribution in [2.24, 2.45) is 5.92 Å². The van der Waals surface area contributed by atoms with Gasteiger partial charge in [0.15, 0.2) is 0 Å². The minimum atomic E-state index is -0.781. The second-order valence-corrected chi connectivity index (χ2v) is 6.11. The van der Waals surface area contributed by atoms with Gasteiger partial charge in [0, 0.05) is 5.02 Å². The zero-order chi connectivity index (χ0) is 15.5. The standard InChI is InChI=1S/C16H19ClN2O2/c1-11-5-7-16(10-18,8-6-11)19-15(20)13-9-12(17)3-4-14(13)21-2/h3-4,9,11H,5-8H2,1-2H3,(H,19,20). The Bertz CT molecular complexity index is 572. The molecule has 112 valence electrons. The first-order chi connectivity index (χ1) is 9.99. The second-order valence-electron chi connectivity index (χ2n) is 5.68. The number of nitrogens with one attached hydrogen (secondary N) is 1. The van der Waals surface area contributed by atoms with Gasteiger partial charge in [-0.3, -0.25) is 4.79 Å². The van der Waals surface area contributed by atoms with Gasteiger partial charge in [-0.15, -0.1) is 0 Å². The summed E-state index contributed by atoms with van der Waals surface area (Å²) in [6, 6.07) is 7.16. The Morgan fingerprint density at radius 1 is 1.48 bits per heavy atom. The van der Waals surface area contributed by atoms with Gasteiger partial charge in [0.1, 0.15) is 11.3 Å². The molecule has 0 spiro atoms. The summed E-state index contributed by atoms with van der Waals surface area (Å²) >= 11 is 5.95. The molecule has 1 aromatic carbocycles. The summed E-state index contributed by atoms with van der Waals surface area (Å²) in [7, 11) is 1.50. The van der Waals surface area contributed by atoms with Gasteiger partial charge in [0.2, 0.25) is 0 Å². The molecule has 1 saturated carbocycles. The van der Waals surface area contributed by atoms with E-state index in [1.165, 1.54) is 7.11 Å². The fourth-order valence-corrected chi connectivity index (χ4v) is 2.83. The average Bonchev–Trinajstić information content (AvgIpc) is 2.49. The molecule has 0 unspecified atom stereocenters.